The highest BCUT2D eigenvalue weighted by molar-refractivity contribution is 7.90. The summed E-state index contributed by atoms with van der Waals surface area (Å²) in [5, 5.41) is 0.726. The van der Waals surface area contributed by atoms with E-state index in [1.165, 1.54) is 52.0 Å². The van der Waals surface area contributed by atoms with Crippen molar-refractivity contribution in [1.82, 2.24) is 8.87 Å². The molecule has 6 nitrogen and oxygen atoms in total. The van der Waals surface area contributed by atoms with Crippen molar-refractivity contribution < 1.29 is 17.9 Å². The van der Waals surface area contributed by atoms with Gasteiger partial charge < -0.3 is 9.64 Å². The highest BCUT2D eigenvalue weighted by Crippen LogP contribution is 2.38. The predicted octanol–water partition coefficient (Wildman–Crippen LogP) is 6.80. The number of carbonyl (C=O) groups is 1. The second-order valence-corrected chi connectivity index (χ2v) is 13.1. The van der Waals surface area contributed by atoms with E-state index in [4.69, 9.17) is 16.3 Å². The first kappa shape index (κ1) is 27.2. The number of nitrogens with zero attached hydrogens (tertiary/aromatic N) is 2. The first-order valence-corrected chi connectivity index (χ1v) is 15.6. The van der Waals surface area contributed by atoms with Gasteiger partial charge >= 0.3 is 0 Å². The van der Waals surface area contributed by atoms with Crippen LogP contribution in [-0.2, 0) is 10.0 Å². The Balaban J connectivity index is 1.27. The third-order valence-electron chi connectivity index (χ3n) is 8.37. The van der Waals surface area contributed by atoms with Gasteiger partial charge in [0, 0.05) is 24.5 Å². The van der Waals surface area contributed by atoms with Crippen molar-refractivity contribution in [2.24, 2.45) is 11.8 Å². The second-order valence-electron chi connectivity index (χ2n) is 10.8. The van der Waals surface area contributed by atoms with Crippen LogP contribution in [0.3, 0.4) is 0 Å². The van der Waals surface area contributed by atoms with Gasteiger partial charge in [-0.05, 0) is 81.3 Å². The fourth-order valence-corrected chi connectivity index (χ4v) is 7.97. The maximum absolute atomic E-state index is 13.3. The molecule has 2 fully saturated rings. The van der Waals surface area contributed by atoms with Gasteiger partial charge in [-0.1, -0.05) is 49.1 Å². The SMILES string of the molecule is COc1c(C(=O)CCC2CCN(CC3CCCCC3)CC2)cc(Cl)c2c1ccn2S(=O)(=O)c1ccccc1. The number of hydrogen-bond donors (Lipinski definition) is 0. The van der Waals surface area contributed by atoms with E-state index in [1.54, 1.807) is 42.5 Å². The molecule has 0 unspecified atom stereocenters. The van der Waals surface area contributed by atoms with Crippen molar-refractivity contribution in [3.8, 4) is 5.75 Å². The first-order valence-electron chi connectivity index (χ1n) is 13.8. The smallest absolute Gasteiger partial charge is 0.268 e. The van der Waals surface area contributed by atoms with Gasteiger partial charge in [0.2, 0.25) is 0 Å². The number of rotatable bonds is 9. The quantitative estimate of drug-likeness (QED) is 0.271. The lowest BCUT2D eigenvalue weighted by Crippen LogP contribution is -2.37. The number of carbonyl (C=O) groups excluding carboxylic acids is 1. The summed E-state index contributed by atoms with van der Waals surface area (Å²) in [7, 11) is -2.35. The monoisotopic (exact) mass is 556 g/mol. The Kier molecular flexibility index (Phi) is 8.46. The van der Waals surface area contributed by atoms with E-state index in [2.05, 4.69) is 4.90 Å². The number of aromatic nitrogens is 1. The highest BCUT2D eigenvalue weighted by atomic mass is 35.5. The second kappa shape index (κ2) is 11.8. The molecule has 0 atom stereocenters. The number of benzene rings is 2. The summed E-state index contributed by atoms with van der Waals surface area (Å²) < 4.78 is 33.4. The molecule has 1 aromatic heterocycles. The normalized spacial score (nSPS) is 18.2. The van der Waals surface area contributed by atoms with Gasteiger partial charge in [-0.15, -0.1) is 0 Å². The van der Waals surface area contributed by atoms with Crippen molar-refractivity contribution in [3.63, 3.8) is 0 Å². The minimum atomic E-state index is -3.85. The minimum absolute atomic E-state index is 0.0195. The molecule has 5 rings (SSSR count). The van der Waals surface area contributed by atoms with Crippen molar-refractivity contribution in [2.45, 2.75) is 62.7 Å². The summed E-state index contributed by atoms with van der Waals surface area (Å²) in [6, 6.07) is 11.4. The van der Waals surface area contributed by atoms with E-state index in [0.29, 0.717) is 34.6 Å². The Morgan fingerprint density at radius 1 is 1.00 bits per heavy atom. The van der Waals surface area contributed by atoms with Crippen molar-refractivity contribution >= 4 is 38.3 Å². The molecule has 2 aliphatic rings. The largest absolute Gasteiger partial charge is 0.495 e. The maximum atomic E-state index is 13.3. The van der Waals surface area contributed by atoms with Gasteiger partial charge in [-0.2, -0.15) is 0 Å². The average Bonchev–Trinajstić information content (AvgIpc) is 3.40. The fourth-order valence-electron chi connectivity index (χ4n) is 6.23. The van der Waals surface area contributed by atoms with E-state index in [9.17, 15) is 13.2 Å². The molecule has 0 spiro atoms. The average molecular weight is 557 g/mol. The Labute approximate surface area is 231 Å². The molecule has 0 bridgehead atoms. The van der Waals surface area contributed by atoms with E-state index >= 15 is 0 Å². The summed E-state index contributed by atoms with van der Waals surface area (Å²) in [6.45, 7) is 3.49. The molecular formula is C30H37ClN2O4S. The third-order valence-corrected chi connectivity index (χ3v) is 10.3. The standard InChI is InChI=1S/C30H37ClN2O4S/c1-37-30-25-16-19-33(38(35,36)24-10-6-3-7-11-24)29(25)27(31)20-26(30)28(34)13-12-22-14-17-32(18-15-22)21-23-8-4-2-5-9-23/h3,6-7,10-11,16,19-20,22-23H,2,4-5,8-9,12-15,17-18,21H2,1H3. The topological polar surface area (TPSA) is 68.6 Å². The predicted molar refractivity (Wildman–Crippen MR) is 152 cm³/mol. The molecule has 38 heavy (non-hydrogen) atoms. The van der Waals surface area contributed by atoms with E-state index in [0.717, 1.165) is 42.2 Å². The molecule has 8 heteroatoms. The molecule has 2 heterocycles. The third kappa shape index (κ3) is 5.65. The molecule has 1 saturated heterocycles. The lowest BCUT2D eigenvalue weighted by molar-refractivity contribution is 0.0954. The van der Waals surface area contributed by atoms with Crippen LogP contribution >= 0.6 is 11.6 Å². The van der Waals surface area contributed by atoms with Gasteiger partial charge in [0.25, 0.3) is 10.0 Å². The molecule has 0 radical (unpaired) electrons. The molecular weight excluding hydrogens is 520 g/mol. The van der Waals surface area contributed by atoms with Crippen LogP contribution in [0.15, 0.2) is 53.6 Å². The van der Waals surface area contributed by atoms with Gasteiger partial charge in [-0.3, -0.25) is 4.79 Å². The molecule has 3 aromatic rings. The lowest BCUT2D eigenvalue weighted by Gasteiger charge is -2.35. The van der Waals surface area contributed by atoms with Crippen molar-refractivity contribution in [2.75, 3.05) is 26.7 Å². The van der Waals surface area contributed by atoms with Gasteiger partial charge in [-0.25, -0.2) is 12.4 Å². The van der Waals surface area contributed by atoms with Gasteiger partial charge in [0.15, 0.2) is 5.78 Å². The van der Waals surface area contributed by atoms with Crippen LogP contribution in [-0.4, -0.2) is 49.8 Å². The number of fused-ring (bicyclic) bond motifs is 1. The van der Waals surface area contributed by atoms with Crippen LogP contribution in [0.4, 0.5) is 0 Å². The minimum Gasteiger partial charge on any atom is -0.495 e. The lowest BCUT2D eigenvalue weighted by atomic mass is 9.87. The number of halogens is 1. The molecule has 1 aliphatic heterocycles. The maximum Gasteiger partial charge on any atom is 0.268 e. The summed E-state index contributed by atoms with van der Waals surface area (Å²) in [5.41, 5.74) is 0.726. The highest BCUT2D eigenvalue weighted by Gasteiger charge is 2.27. The van der Waals surface area contributed by atoms with Gasteiger partial charge in [0.05, 0.1) is 28.1 Å². The van der Waals surface area contributed by atoms with Crippen LogP contribution < -0.4 is 4.74 Å². The number of likely N-dealkylation sites (tertiary alicyclic amines) is 1. The molecule has 1 saturated carbocycles. The molecule has 0 N–H and O–H groups in total. The number of methoxy groups -OCH3 is 1. The molecule has 1 aliphatic carbocycles. The zero-order valence-corrected chi connectivity index (χ0v) is 23.6. The Bertz CT molecular complexity index is 1370. The summed E-state index contributed by atoms with van der Waals surface area (Å²) in [6.07, 6.45) is 11.9. The van der Waals surface area contributed by atoms with Crippen LogP contribution in [0.25, 0.3) is 10.9 Å². The number of ether oxygens (including phenoxy) is 1. The van der Waals surface area contributed by atoms with Crippen LogP contribution in [0.5, 0.6) is 5.75 Å². The van der Waals surface area contributed by atoms with Crippen molar-refractivity contribution in [1.29, 1.82) is 0 Å². The Hall–Kier alpha value is -2.35. The fraction of sp³-hybridized carbons (Fsp3) is 0.500. The summed E-state index contributed by atoms with van der Waals surface area (Å²) in [4.78, 5) is 16.1. The van der Waals surface area contributed by atoms with Crippen LogP contribution in [0.1, 0.15) is 68.1 Å². The first-order chi connectivity index (χ1) is 18.4. The number of piperidine rings is 1. The van der Waals surface area contributed by atoms with Crippen molar-refractivity contribution in [3.05, 3.63) is 59.2 Å². The molecule has 2 aromatic carbocycles. The molecule has 0 amide bonds. The summed E-state index contributed by atoms with van der Waals surface area (Å²) >= 11 is 6.62. The Morgan fingerprint density at radius 2 is 1.71 bits per heavy atom. The van der Waals surface area contributed by atoms with E-state index in [1.807, 2.05) is 0 Å². The van der Waals surface area contributed by atoms with E-state index < -0.39 is 10.0 Å². The zero-order chi connectivity index (χ0) is 26.7. The Morgan fingerprint density at radius 3 is 2.39 bits per heavy atom. The van der Waals surface area contributed by atoms with E-state index in [-0.39, 0.29) is 15.7 Å². The van der Waals surface area contributed by atoms with Crippen LogP contribution in [0.2, 0.25) is 5.02 Å². The number of Topliss-reactive ketones (excluding diaryl/α,β-unsaturated/α-hetero) is 1. The zero-order valence-electron chi connectivity index (χ0n) is 22.1. The number of ketones is 1. The van der Waals surface area contributed by atoms with Crippen LogP contribution in [0, 0.1) is 11.8 Å². The summed E-state index contributed by atoms with van der Waals surface area (Å²) in [5.74, 6) is 1.77. The van der Waals surface area contributed by atoms with Gasteiger partial charge in [0.1, 0.15) is 5.75 Å². The number of hydrogen-bond acceptors (Lipinski definition) is 5. The molecule has 204 valence electrons.